The molecule has 3 aromatic carbocycles. The number of amides is 1. The molecule has 0 fully saturated rings. The molecule has 0 bridgehead atoms. The van der Waals surface area contributed by atoms with Crippen LogP contribution < -0.4 is 5.32 Å². The first-order chi connectivity index (χ1) is 14.1. The zero-order valence-corrected chi connectivity index (χ0v) is 18.3. The van der Waals surface area contributed by atoms with Crippen LogP contribution in [0.4, 0.5) is 0 Å². The van der Waals surface area contributed by atoms with Gasteiger partial charge in [0.25, 0.3) is 0 Å². The summed E-state index contributed by atoms with van der Waals surface area (Å²) in [6.45, 7) is 0.630. The van der Waals surface area contributed by atoms with Crippen molar-refractivity contribution in [1.29, 1.82) is 0 Å². The largest absolute Gasteiger partial charge is 0.355 e. The minimum absolute atomic E-state index is 0.0536. The molecule has 5 heteroatoms. The van der Waals surface area contributed by atoms with Gasteiger partial charge in [0.1, 0.15) is 0 Å². The average Bonchev–Trinajstić information content (AvgIpc) is 2.74. The predicted molar refractivity (Wildman–Crippen MR) is 125 cm³/mol. The summed E-state index contributed by atoms with van der Waals surface area (Å²) < 4.78 is 0. The lowest BCUT2D eigenvalue weighted by Crippen LogP contribution is -2.27. The molecule has 1 N–H and O–H groups in total. The number of thioether (sulfide) groups is 1. The topological polar surface area (TPSA) is 29.1 Å². The molecule has 0 aliphatic carbocycles. The van der Waals surface area contributed by atoms with Crippen LogP contribution in [0.3, 0.4) is 0 Å². The lowest BCUT2D eigenvalue weighted by atomic mass is 9.88. The number of hydrogen-bond acceptors (Lipinski definition) is 2. The van der Waals surface area contributed by atoms with E-state index >= 15 is 0 Å². The van der Waals surface area contributed by atoms with Gasteiger partial charge < -0.3 is 5.32 Å². The summed E-state index contributed by atoms with van der Waals surface area (Å²) in [6, 6.07) is 25.9. The summed E-state index contributed by atoms with van der Waals surface area (Å²) >= 11 is 13.9. The number of carbonyl (C=O) groups is 1. The highest BCUT2D eigenvalue weighted by Crippen LogP contribution is 2.28. The summed E-state index contributed by atoms with van der Waals surface area (Å²) in [7, 11) is 0. The molecule has 0 saturated heterocycles. The lowest BCUT2D eigenvalue weighted by molar-refractivity contribution is -0.121. The molecule has 0 aromatic heterocycles. The second kappa shape index (κ2) is 11.3. The Morgan fingerprint density at radius 2 is 1.52 bits per heavy atom. The molecule has 0 radical (unpaired) electrons. The Labute approximate surface area is 186 Å². The minimum Gasteiger partial charge on any atom is -0.355 e. The molecular weight excluding hydrogens is 421 g/mol. The van der Waals surface area contributed by atoms with Gasteiger partial charge in [0.2, 0.25) is 5.91 Å². The van der Waals surface area contributed by atoms with E-state index in [4.69, 9.17) is 23.2 Å². The third-order valence-corrected chi connectivity index (χ3v) is 6.23. The molecule has 0 heterocycles. The van der Waals surface area contributed by atoms with E-state index in [9.17, 15) is 4.79 Å². The molecule has 0 spiro atoms. The Balaban J connectivity index is 1.49. The molecule has 0 aliphatic heterocycles. The second-order valence-corrected chi connectivity index (χ2v) is 8.67. The first kappa shape index (κ1) is 21.8. The van der Waals surface area contributed by atoms with E-state index in [-0.39, 0.29) is 11.8 Å². The fourth-order valence-corrected chi connectivity index (χ4v) is 4.56. The highest BCUT2D eigenvalue weighted by Gasteiger charge is 2.17. The summed E-state index contributed by atoms with van der Waals surface area (Å²) in [5, 5.41) is 4.37. The number of halogens is 2. The van der Waals surface area contributed by atoms with E-state index in [0.29, 0.717) is 23.0 Å². The SMILES string of the molecule is O=C(CC(c1ccccc1)c1ccccc1)NCCSCc1ccc(Cl)cc1Cl. The van der Waals surface area contributed by atoms with Crippen LogP contribution in [0.5, 0.6) is 0 Å². The highest BCUT2D eigenvalue weighted by atomic mass is 35.5. The monoisotopic (exact) mass is 443 g/mol. The third kappa shape index (κ3) is 6.81. The van der Waals surface area contributed by atoms with Gasteiger partial charge in [-0.2, -0.15) is 11.8 Å². The number of rotatable bonds is 9. The van der Waals surface area contributed by atoms with Gasteiger partial charge in [0, 0.05) is 40.4 Å². The van der Waals surface area contributed by atoms with Crippen molar-refractivity contribution in [2.75, 3.05) is 12.3 Å². The van der Waals surface area contributed by atoms with Crippen LogP contribution in [-0.2, 0) is 10.5 Å². The van der Waals surface area contributed by atoms with Gasteiger partial charge in [-0.3, -0.25) is 4.79 Å². The van der Waals surface area contributed by atoms with Gasteiger partial charge in [0.15, 0.2) is 0 Å². The minimum atomic E-state index is 0.0536. The Hall–Kier alpha value is -1.94. The van der Waals surface area contributed by atoms with Crippen molar-refractivity contribution in [2.24, 2.45) is 0 Å². The van der Waals surface area contributed by atoms with Crippen LogP contribution in [0.15, 0.2) is 78.9 Å². The second-order valence-electron chi connectivity index (χ2n) is 6.72. The van der Waals surface area contributed by atoms with Crippen molar-refractivity contribution >= 4 is 40.9 Å². The fourth-order valence-electron chi connectivity index (χ4n) is 3.14. The number of benzene rings is 3. The standard InChI is InChI=1S/C24H23Cl2NOS/c25-21-12-11-20(23(26)15-21)17-29-14-13-27-24(28)16-22(18-7-3-1-4-8-18)19-9-5-2-6-10-19/h1-12,15,22H,13-14,16-17H2,(H,27,28). The summed E-state index contributed by atoms with van der Waals surface area (Å²) in [5.74, 6) is 1.74. The van der Waals surface area contributed by atoms with Gasteiger partial charge >= 0.3 is 0 Å². The van der Waals surface area contributed by atoms with Crippen LogP contribution in [0.25, 0.3) is 0 Å². The summed E-state index contributed by atoms with van der Waals surface area (Å²) in [6.07, 6.45) is 0.432. The smallest absolute Gasteiger partial charge is 0.220 e. The quantitative estimate of drug-likeness (QED) is 0.379. The number of hydrogen-bond donors (Lipinski definition) is 1. The van der Waals surface area contributed by atoms with Crippen molar-refractivity contribution in [3.63, 3.8) is 0 Å². The Morgan fingerprint density at radius 3 is 2.10 bits per heavy atom. The van der Waals surface area contributed by atoms with E-state index in [1.807, 2.05) is 48.5 Å². The van der Waals surface area contributed by atoms with Crippen molar-refractivity contribution in [3.8, 4) is 0 Å². The normalized spacial score (nSPS) is 10.9. The summed E-state index contributed by atoms with van der Waals surface area (Å²) in [4.78, 5) is 12.6. The molecule has 0 aliphatic rings. The molecule has 2 nitrogen and oxygen atoms in total. The molecule has 0 saturated carbocycles. The molecule has 29 heavy (non-hydrogen) atoms. The Kier molecular flexibility index (Phi) is 8.48. The molecule has 3 aromatic rings. The number of carbonyl (C=O) groups excluding carboxylic acids is 1. The van der Waals surface area contributed by atoms with E-state index < -0.39 is 0 Å². The first-order valence-corrected chi connectivity index (χ1v) is 11.4. The van der Waals surface area contributed by atoms with Crippen LogP contribution in [0, 0.1) is 0 Å². The van der Waals surface area contributed by atoms with Gasteiger partial charge in [-0.1, -0.05) is 89.9 Å². The van der Waals surface area contributed by atoms with Gasteiger partial charge in [-0.25, -0.2) is 0 Å². The van der Waals surface area contributed by atoms with Gasteiger partial charge in [-0.05, 0) is 28.8 Å². The average molecular weight is 444 g/mol. The van der Waals surface area contributed by atoms with Crippen molar-refractivity contribution in [3.05, 3.63) is 106 Å². The van der Waals surface area contributed by atoms with Crippen molar-refractivity contribution in [2.45, 2.75) is 18.1 Å². The fraction of sp³-hybridized carbons (Fsp3) is 0.208. The molecule has 3 rings (SSSR count). The third-order valence-electron chi connectivity index (χ3n) is 4.63. The Bertz CT molecular complexity index is 879. The maximum absolute atomic E-state index is 12.6. The van der Waals surface area contributed by atoms with E-state index in [1.165, 1.54) is 0 Å². The molecule has 1 amide bonds. The van der Waals surface area contributed by atoms with Crippen LogP contribution in [-0.4, -0.2) is 18.2 Å². The van der Waals surface area contributed by atoms with Gasteiger partial charge in [0.05, 0.1) is 0 Å². The van der Waals surface area contributed by atoms with Crippen LogP contribution in [0.2, 0.25) is 10.0 Å². The lowest BCUT2D eigenvalue weighted by Gasteiger charge is -2.18. The molecular formula is C24H23Cl2NOS. The Morgan fingerprint density at radius 1 is 0.897 bits per heavy atom. The first-order valence-electron chi connectivity index (χ1n) is 9.52. The molecule has 150 valence electrons. The summed E-state index contributed by atoms with van der Waals surface area (Å²) in [5.41, 5.74) is 3.36. The van der Waals surface area contributed by atoms with Crippen molar-refractivity contribution < 1.29 is 4.79 Å². The van der Waals surface area contributed by atoms with E-state index in [0.717, 1.165) is 28.2 Å². The van der Waals surface area contributed by atoms with Crippen molar-refractivity contribution in [1.82, 2.24) is 5.32 Å². The maximum atomic E-state index is 12.6. The zero-order chi connectivity index (χ0) is 20.5. The van der Waals surface area contributed by atoms with Gasteiger partial charge in [-0.15, -0.1) is 0 Å². The zero-order valence-electron chi connectivity index (χ0n) is 16.0. The van der Waals surface area contributed by atoms with E-state index in [2.05, 4.69) is 29.6 Å². The maximum Gasteiger partial charge on any atom is 0.220 e. The molecule has 0 atom stereocenters. The van der Waals surface area contributed by atoms with E-state index in [1.54, 1.807) is 17.8 Å². The predicted octanol–water partition coefficient (Wildman–Crippen LogP) is 6.57. The highest BCUT2D eigenvalue weighted by molar-refractivity contribution is 7.98. The van der Waals surface area contributed by atoms with Crippen LogP contribution in [0.1, 0.15) is 29.0 Å². The van der Waals surface area contributed by atoms with Crippen LogP contribution >= 0.6 is 35.0 Å². The molecule has 0 unspecified atom stereocenters. The number of nitrogens with one attached hydrogen (secondary N) is 1.